The summed E-state index contributed by atoms with van der Waals surface area (Å²) in [6.07, 6.45) is 1.54. The van der Waals surface area contributed by atoms with E-state index in [1.165, 1.54) is 16.2 Å². The molecule has 1 saturated heterocycles. The fourth-order valence-electron chi connectivity index (χ4n) is 4.20. The zero-order valence-corrected chi connectivity index (χ0v) is 21.8. The van der Waals surface area contributed by atoms with Crippen LogP contribution in [0.3, 0.4) is 0 Å². The Kier molecular flexibility index (Phi) is 7.02. The predicted molar refractivity (Wildman–Crippen MR) is 145 cm³/mol. The monoisotopic (exact) mass is 550 g/mol. The molecule has 9 heteroatoms. The summed E-state index contributed by atoms with van der Waals surface area (Å²) in [7, 11) is 0. The highest BCUT2D eigenvalue weighted by atomic mass is 35.5. The van der Waals surface area contributed by atoms with Gasteiger partial charge in [-0.25, -0.2) is 4.98 Å². The highest BCUT2D eigenvalue weighted by molar-refractivity contribution is 7.14. The van der Waals surface area contributed by atoms with Gasteiger partial charge >= 0.3 is 5.91 Å². The first-order valence-corrected chi connectivity index (χ1v) is 12.9. The standard InChI is InChI=1S/C28H20Cl2N2O4S/c1-16-3-2-4-17(13-16)15-36-20-8-5-18(6-9-20)25(33)23-24(19-7-10-21(29)22(30)14-19)32(27(35)26(23)34)28-31-11-12-37-28/h2-14,24,33H,15H2,1H3. The van der Waals surface area contributed by atoms with Gasteiger partial charge in [-0.1, -0.05) is 59.1 Å². The Morgan fingerprint density at radius 3 is 2.51 bits per heavy atom. The number of ketones is 1. The highest BCUT2D eigenvalue weighted by Crippen LogP contribution is 2.43. The Balaban J connectivity index is 1.50. The number of ether oxygens (including phenoxy) is 1. The highest BCUT2D eigenvalue weighted by Gasteiger charge is 2.48. The van der Waals surface area contributed by atoms with Gasteiger partial charge in [-0.3, -0.25) is 14.5 Å². The third kappa shape index (κ3) is 4.98. The van der Waals surface area contributed by atoms with Gasteiger partial charge < -0.3 is 9.84 Å². The molecule has 1 atom stereocenters. The van der Waals surface area contributed by atoms with Crippen molar-refractivity contribution in [2.24, 2.45) is 0 Å². The number of carbonyl (C=O) groups is 2. The second-order valence-corrected chi connectivity index (χ2v) is 10.1. The third-order valence-electron chi connectivity index (χ3n) is 5.94. The average Bonchev–Trinajstić information content (AvgIpc) is 3.51. The lowest BCUT2D eigenvalue weighted by molar-refractivity contribution is -0.132. The Bertz CT molecular complexity index is 1520. The van der Waals surface area contributed by atoms with Crippen LogP contribution in [0, 0.1) is 6.92 Å². The third-order valence-corrected chi connectivity index (χ3v) is 7.45. The first-order valence-electron chi connectivity index (χ1n) is 11.3. The fraction of sp³-hybridized carbons (Fsp3) is 0.107. The molecule has 1 fully saturated rings. The lowest BCUT2D eigenvalue weighted by Crippen LogP contribution is -2.29. The zero-order chi connectivity index (χ0) is 26.1. The number of aliphatic hydroxyl groups is 1. The summed E-state index contributed by atoms with van der Waals surface area (Å²) in [6, 6.07) is 18.6. The second-order valence-electron chi connectivity index (χ2n) is 8.46. The van der Waals surface area contributed by atoms with Crippen LogP contribution in [0.15, 0.2) is 83.9 Å². The van der Waals surface area contributed by atoms with Crippen LogP contribution in [-0.2, 0) is 16.2 Å². The maximum atomic E-state index is 13.2. The summed E-state index contributed by atoms with van der Waals surface area (Å²) in [5.74, 6) is -1.31. The summed E-state index contributed by atoms with van der Waals surface area (Å²) in [4.78, 5) is 31.8. The van der Waals surface area contributed by atoms with Crippen LogP contribution in [-0.4, -0.2) is 21.8 Å². The van der Waals surface area contributed by atoms with Crippen molar-refractivity contribution in [2.75, 3.05) is 4.90 Å². The van der Waals surface area contributed by atoms with Crippen molar-refractivity contribution in [3.63, 3.8) is 0 Å². The molecule has 1 aliphatic heterocycles. The number of rotatable bonds is 6. The van der Waals surface area contributed by atoms with Gasteiger partial charge in [0.15, 0.2) is 5.13 Å². The topological polar surface area (TPSA) is 79.7 Å². The minimum absolute atomic E-state index is 0.0629. The summed E-state index contributed by atoms with van der Waals surface area (Å²) < 4.78 is 5.87. The summed E-state index contributed by atoms with van der Waals surface area (Å²) in [5.41, 5.74) is 3.00. The molecule has 37 heavy (non-hydrogen) atoms. The molecular weight excluding hydrogens is 531 g/mol. The molecule has 3 aromatic carbocycles. The Morgan fingerprint density at radius 1 is 1.05 bits per heavy atom. The molecule has 0 spiro atoms. The number of aromatic nitrogens is 1. The van der Waals surface area contributed by atoms with E-state index in [4.69, 9.17) is 27.9 Å². The van der Waals surface area contributed by atoms with Crippen LogP contribution >= 0.6 is 34.5 Å². The molecule has 5 rings (SSSR count). The second kappa shape index (κ2) is 10.4. The summed E-state index contributed by atoms with van der Waals surface area (Å²) in [5, 5.41) is 13.9. The number of halogens is 2. The minimum atomic E-state index is -0.932. The molecule has 1 amide bonds. The molecule has 6 nitrogen and oxygen atoms in total. The molecule has 4 aromatic rings. The molecule has 2 heterocycles. The van der Waals surface area contributed by atoms with Gasteiger partial charge in [0, 0.05) is 17.1 Å². The number of benzene rings is 3. The van der Waals surface area contributed by atoms with Crippen LogP contribution in [0.5, 0.6) is 5.75 Å². The van der Waals surface area contributed by atoms with E-state index < -0.39 is 17.7 Å². The molecule has 0 saturated carbocycles. The van der Waals surface area contributed by atoms with E-state index in [0.29, 0.717) is 33.6 Å². The van der Waals surface area contributed by atoms with Crippen LogP contribution in [0.2, 0.25) is 10.0 Å². The molecule has 1 aromatic heterocycles. The Labute approximate surface area is 227 Å². The summed E-state index contributed by atoms with van der Waals surface area (Å²) >= 11 is 13.6. The van der Waals surface area contributed by atoms with E-state index in [0.717, 1.165) is 11.1 Å². The first-order chi connectivity index (χ1) is 17.8. The molecule has 1 unspecified atom stereocenters. The maximum Gasteiger partial charge on any atom is 0.301 e. The fourth-order valence-corrected chi connectivity index (χ4v) is 5.17. The molecule has 186 valence electrons. The SMILES string of the molecule is Cc1cccc(COc2ccc(C(O)=C3C(=O)C(=O)N(c4nccs4)C3c3ccc(Cl)c(Cl)c3)cc2)c1. The number of thiazole rings is 1. The number of Topliss-reactive ketones (excluding diaryl/α,β-unsaturated/α-hetero) is 1. The van der Waals surface area contributed by atoms with Crippen LogP contribution in [0.4, 0.5) is 5.13 Å². The number of nitrogens with zero attached hydrogens (tertiary/aromatic N) is 2. The number of aryl methyl sites for hydroxylation is 1. The molecular formula is C28H20Cl2N2O4S. The number of hydrogen-bond donors (Lipinski definition) is 1. The van der Waals surface area contributed by atoms with Gasteiger partial charge in [-0.05, 0) is 54.4 Å². The predicted octanol–water partition coefficient (Wildman–Crippen LogP) is 6.96. The van der Waals surface area contributed by atoms with E-state index in [9.17, 15) is 14.7 Å². The maximum absolute atomic E-state index is 13.2. The lowest BCUT2D eigenvalue weighted by Gasteiger charge is -2.23. The largest absolute Gasteiger partial charge is 0.507 e. The van der Waals surface area contributed by atoms with E-state index in [1.807, 2.05) is 31.2 Å². The van der Waals surface area contributed by atoms with Crippen molar-refractivity contribution < 1.29 is 19.4 Å². The average molecular weight is 551 g/mol. The molecule has 1 N–H and O–H groups in total. The number of anilines is 1. The van der Waals surface area contributed by atoms with E-state index in [1.54, 1.807) is 54.0 Å². The van der Waals surface area contributed by atoms with Crippen molar-refractivity contribution >= 4 is 57.1 Å². The molecule has 0 aliphatic carbocycles. The first kappa shape index (κ1) is 25.0. The summed E-state index contributed by atoms with van der Waals surface area (Å²) in [6.45, 7) is 2.41. The van der Waals surface area contributed by atoms with Gasteiger partial charge in [-0.15, -0.1) is 11.3 Å². The van der Waals surface area contributed by atoms with Crippen molar-refractivity contribution in [3.8, 4) is 5.75 Å². The molecule has 0 radical (unpaired) electrons. The lowest BCUT2D eigenvalue weighted by atomic mass is 9.95. The van der Waals surface area contributed by atoms with Crippen molar-refractivity contribution in [2.45, 2.75) is 19.6 Å². The van der Waals surface area contributed by atoms with E-state index >= 15 is 0 Å². The quantitative estimate of drug-likeness (QED) is 0.159. The molecule has 0 bridgehead atoms. The number of hydrogen-bond acceptors (Lipinski definition) is 6. The van der Waals surface area contributed by atoms with Gasteiger partial charge in [-0.2, -0.15) is 0 Å². The van der Waals surface area contributed by atoms with Crippen molar-refractivity contribution in [3.05, 3.63) is 116 Å². The van der Waals surface area contributed by atoms with Crippen LogP contribution in [0.25, 0.3) is 5.76 Å². The molecule has 1 aliphatic rings. The van der Waals surface area contributed by atoms with Crippen LogP contribution < -0.4 is 9.64 Å². The van der Waals surface area contributed by atoms with Gasteiger partial charge in [0.05, 0.1) is 21.7 Å². The van der Waals surface area contributed by atoms with Crippen LogP contribution in [0.1, 0.15) is 28.3 Å². The van der Waals surface area contributed by atoms with Gasteiger partial charge in [0.2, 0.25) is 0 Å². The Morgan fingerprint density at radius 2 is 1.84 bits per heavy atom. The van der Waals surface area contributed by atoms with Crippen molar-refractivity contribution in [1.82, 2.24) is 4.98 Å². The number of amides is 1. The van der Waals surface area contributed by atoms with Gasteiger partial charge in [0.25, 0.3) is 5.78 Å². The normalized spacial score (nSPS) is 16.8. The van der Waals surface area contributed by atoms with E-state index in [2.05, 4.69) is 4.98 Å². The van der Waals surface area contributed by atoms with Gasteiger partial charge in [0.1, 0.15) is 18.1 Å². The van der Waals surface area contributed by atoms with Crippen molar-refractivity contribution in [1.29, 1.82) is 0 Å². The van der Waals surface area contributed by atoms with E-state index in [-0.39, 0.29) is 16.4 Å². The Hall–Kier alpha value is -3.65. The number of carbonyl (C=O) groups excluding carboxylic acids is 2. The minimum Gasteiger partial charge on any atom is -0.507 e. The number of aliphatic hydroxyl groups excluding tert-OH is 1. The smallest absolute Gasteiger partial charge is 0.301 e. The zero-order valence-electron chi connectivity index (χ0n) is 19.5.